The number of hydrogen-bond acceptors (Lipinski definition) is 10. The highest BCUT2D eigenvalue weighted by Crippen LogP contribution is 2.70. The van der Waals surface area contributed by atoms with Crippen LogP contribution in [-0.2, 0) is 20.9 Å². The molecule has 5 N–H and O–H groups in total. The molecule has 0 spiro atoms. The Balaban J connectivity index is 0.00000143. The van der Waals surface area contributed by atoms with E-state index in [1.165, 1.54) is 62.5 Å². The van der Waals surface area contributed by atoms with E-state index in [1.54, 1.807) is 33.0 Å². The maximum absolute atomic E-state index is 12.6. The molecule has 0 radical (unpaired) electrons. The summed E-state index contributed by atoms with van der Waals surface area (Å²) < 4.78 is 0. The number of aliphatic hydroxyl groups excluding tert-OH is 2. The molecular weight excluding hydrogens is 841 g/mol. The largest absolute Gasteiger partial charge is 0.512 e. The number of nitriles is 2. The van der Waals surface area contributed by atoms with Gasteiger partial charge in [-0.3, -0.25) is 9.78 Å². The van der Waals surface area contributed by atoms with Crippen molar-refractivity contribution in [2.45, 2.75) is 160 Å². The molecule has 0 amide bonds. The van der Waals surface area contributed by atoms with Crippen LogP contribution in [0.15, 0.2) is 59.1 Å². The molecule has 0 saturated heterocycles. The minimum Gasteiger partial charge on any atom is -0.512 e. The van der Waals surface area contributed by atoms with Gasteiger partial charge in [-0.15, -0.1) is 12.8 Å². The molecule has 0 aromatic carbocycles. The molecule has 1 heterocycles. The number of hydrazone groups is 1. The number of carboxylic acid groups (broad SMARTS) is 1. The third-order valence-corrected chi connectivity index (χ3v) is 14.9. The number of aldehydes is 2. The number of aliphatic hydroxyl groups is 2. The van der Waals surface area contributed by atoms with Gasteiger partial charge in [0, 0.05) is 43.2 Å². The van der Waals surface area contributed by atoms with Gasteiger partial charge in [0.05, 0.1) is 41.5 Å². The van der Waals surface area contributed by atoms with Gasteiger partial charge < -0.3 is 35.7 Å². The van der Waals surface area contributed by atoms with Gasteiger partial charge in [0.15, 0.2) is 0 Å². The first kappa shape index (κ1) is 61.8. The average molecular weight is 927 g/mol. The Labute approximate surface area is 404 Å². The van der Waals surface area contributed by atoms with E-state index in [1.807, 2.05) is 40.0 Å². The summed E-state index contributed by atoms with van der Waals surface area (Å²) in [5.74, 6) is 9.54. The fourth-order valence-corrected chi connectivity index (χ4v) is 11.2. The van der Waals surface area contributed by atoms with E-state index in [2.05, 4.69) is 81.7 Å². The van der Waals surface area contributed by atoms with Crippen LogP contribution in [0.5, 0.6) is 0 Å². The maximum Gasteiger partial charge on any atom is 0.304 e. The number of aromatic nitrogens is 1. The van der Waals surface area contributed by atoms with Crippen LogP contribution in [0.4, 0.5) is 0 Å². The van der Waals surface area contributed by atoms with E-state index in [9.17, 15) is 19.6 Å². The zero-order valence-corrected chi connectivity index (χ0v) is 43.4. The second-order valence-electron chi connectivity index (χ2n) is 21.3. The Hall–Kier alpha value is -5.25. The maximum atomic E-state index is 12.6. The summed E-state index contributed by atoms with van der Waals surface area (Å²) in [6.45, 7) is 30.0. The third-order valence-electron chi connectivity index (χ3n) is 14.9. The number of nitrogens with zero attached hydrogens (tertiary/aromatic N) is 5. The second-order valence-corrected chi connectivity index (χ2v) is 21.3. The molecule has 5 rings (SSSR count). The molecule has 4 aliphatic carbocycles. The van der Waals surface area contributed by atoms with Crippen molar-refractivity contribution in [2.75, 3.05) is 14.2 Å². The molecule has 12 heteroatoms. The number of terminal acetylenes is 1. The molecule has 7 atom stereocenters. The lowest BCUT2D eigenvalue weighted by molar-refractivity contribution is -0.149. The average Bonchev–Trinajstić information content (AvgIpc) is 3.27. The first-order valence-electron chi connectivity index (χ1n) is 23.6. The summed E-state index contributed by atoms with van der Waals surface area (Å²) in [5.41, 5.74) is 4.27. The molecule has 67 heavy (non-hydrogen) atoms. The van der Waals surface area contributed by atoms with E-state index < -0.39 is 16.8 Å². The zero-order chi connectivity index (χ0) is 52.1. The predicted octanol–water partition coefficient (Wildman–Crippen LogP) is 11.4. The van der Waals surface area contributed by atoms with Crippen molar-refractivity contribution in [1.82, 2.24) is 9.88 Å². The number of allylic oxidation sites excluding steroid dienone is 3. The zero-order valence-electron chi connectivity index (χ0n) is 43.4. The van der Waals surface area contributed by atoms with Gasteiger partial charge in [0.1, 0.15) is 24.5 Å². The van der Waals surface area contributed by atoms with Gasteiger partial charge in [0.2, 0.25) is 0 Å². The molecule has 1 aromatic rings. The van der Waals surface area contributed by atoms with Crippen molar-refractivity contribution in [1.29, 1.82) is 10.5 Å². The standard InChI is InChI=1S/C36H53N5O.C6H10O3.C6H12O.C4H5N.C2H2.CH4O/c1-24(2)25(3)32-29-12-13-31-34(4)16-8-7-9-27(34)14-17-35(31,5)30(29)15-18-36(32,19-20-42)33(40-38)41(6)23-28-11-10-26(21-37)22-39-28;1-6(2,4-7)3-5(8)9;1-5(7)6(2,3)4;1-4(2)3-5;2*1-2/h10-11,20,22,24,27,29-31H,7-9,12-19,23,38H2,1-6H3;4H,3H2,1-2H3,(H,8,9);7H,1H2,2-4H3;1H2,2H3;1-2H;2H,1H3/b32-25+,40-33-;;;;;. The van der Waals surface area contributed by atoms with Crippen molar-refractivity contribution in [3.8, 4) is 25.0 Å². The number of hydrogen-bond donors (Lipinski definition) is 4. The van der Waals surface area contributed by atoms with Crippen LogP contribution in [0.3, 0.4) is 0 Å². The van der Waals surface area contributed by atoms with Crippen LogP contribution in [0.25, 0.3) is 0 Å². The molecule has 372 valence electrons. The number of carboxylic acids is 1. The topological polar surface area (TPSA) is 214 Å². The molecule has 4 aliphatic rings. The summed E-state index contributed by atoms with van der Waals surface area (Å²) in [6, 6.07) is 7.68. The Morgan fingerprint density at radius 2 is 1.57 bits per heavy atom. The lowest BCUT2D eigenvalue weighted by Gasteiger charge is -2.66. The number of rotatable bonds is 9. The van der Waals surface area contributed by atoms with Crippen LogP contribution in [0.1, 0.15) is 164 Å². The Morgan fingerprint density at radius 1 is 0.985 bits per heavy atom. The highest BCUT2D eigenvalue weighted by Gasteiger charge is 2.63. The van der Waals surface area contributed by atoms with Crippen LogP contribution in [0.2, 0.25) is 0 Å². The summed E-state index contributed by atoms with van der Waals surface area (Å²) in [6.07, 6.45) is 24.5. The Kier molecular flexibility index (Phi) is 25.4. The van der Waals surface area contributed by atoms with E-state index >= 15 is 0 Å². The van der Waals surface area contributed by atoms with Crippen LogP contribution in [-0.4, -0.2) is 63.7 Å². The summed E-state index contributed by atoms with van der Waals surface area (Å²) >= 11 is 0. The molecular formula is C55H86N6O6. The van der Waals surface area contributed by atoms with E-state index in [0.717, 1.165) is 49.6 Å². The number of aliphatic carboxylic acids is 1. The van der Waals surface area contributed by atoms with Crippen molar-refractivity contribution in [2.24, 2.45) is 67.6 Å². The lowest BCUT2D eigenvalue weighted by atomic mass is 9.38. The molecule has 0 aliphatic heterocycles. The van der Waals surface area contributed by atoms with Crippen molar-refractivity contribution < 1.29 is 29.7 Å². The first-order valence-corrected chi connectivity index (χ1v) is 23.6. The fraction of sp³-hybridized carbons (Fsp3) is 0.655. The Bertz CT molecular complexity index is 1960. The molecule has 7 unspecified atom stereocenters. The SMILES string of the molecule is C#C.C/C(=C1/C2CCC3C4(C)CCCCC4CCC3(C)C2CCC1(CC=O)/C(=N/N)N(C)Cc1ccc(C#N)cn1)C(C)C.C=C(C)C#N.C=C(O)C(C)(C)C.CC(C)(C=O)CC(=O)O.CO. The van der Waals surface area contributed by atoms with Crippen molar-refractivity contribution >= 4 is 24.4 Å². The van der Waals surface area contributed by atoms with E-state index in [4.69, 9.17) is 26.4 Å². The second kappa shape index (κ2) is 27.5. The number of carbonyl (C=O) groups is 3. The number of carbonyl (C=O) groups excluding carboxylic acids is 2. The normalized spacial score (nSPS) is 26.8. The van der Waals surface area contributed by atoms with Crippen LogP contribution >= 0.6 is 0 Å². The number of pyridine rings is 1. The fourth-order valence-electron chi connectivity index (χ4n) is 11.2. The van der Waals surface area contributed by atoms with E-state index in [0.29, 0.717) is 59.0 Å². The lowest BCUT2D eigenvalue weighted by Crippen LogP contribution is -2.59. The van der Waals surface area contributed by atoms with Gasteiger partial charge in [-0.2, -0.15) is 15.6 Å². The van der Waals surface area contributed by atoms with Gasteiger partial charge in [-0.1, -0.05) is 99.5 Å². The summed E-state index contributed by atoms with van der Waals surface area (Å²) in [4.78, 5) is 39.3. The quantitative estimate of drug-likeness (QED) is 0.0210. The summed E-state index contributed by atoms with van der Waals surface area (Å²) in [7, 11) is 3.02. The van der Waals surface area contributed by atoms with Gasteiger partial charge >= 0.3 is 5.97 Å². The molecule has 0 bridgehead atoms. The minimum absolute atomic E-state index is 0.101. The molecule has 4 fully saturated rings. The minimum atomic E-state index is -0.938. The van der Waals surface area contributed by atoms with Crippen LogP contribution < -0.4 is 5.84 Å². The first-order chi connectivity index (χ1) is 31.2. The third kappa shape index (κ3) is 16.2. The van der Waals surface area contributed by atoms with E-state index in [-0.39, 0.29) is 17.6 Å². The Morgan fingerprint density at radius 3 is 1.99 bits per heavy atom. The van der Waals surface area contributed by atoms with Gasteiger partial charge in [-0.25, -0.2) is 0 Å². The summed E-state index contributed by atoms with van der Waals surface area (Å²) in [5, 5.41) is 45.4. The highest BCUT2D eigenvalue weighted by atomic mass is 16.4. The predicted molar refractivity (Wildman–Crippen MR) is 271 cm³/mol. The molecule has 12 nitrogen and oxygen atoms in total. The van der Waals surface area contributed by atoms with Crippen molar-refractivity contribution in [3.05, 3.63) is 65.2 Å². The van der Waals surface area contributed by atoms with Crippen molar-refractivity contribution in [3.63, 3.8) is 0 Å². The number of amidine groups is 1. The number of fused-ring (bicyclic) bond motifs is 5. The van der Waals surface area contributed by atoms with Gasteiger partial charge in [-0.05, 0) is 118 Å². The number of nitrogens with two attached hydrogens (primary N) is 1. The van der Waals surface area contributed by atoms with Gasteiger partial charge in [0.25, 0.3) is 0 Å². The monoisotopic (exact) mass is 927 g/mol. The van der Waals surface area contributed by atoms with Crippen LogP contribution in [0, 0.1) is 92.2 Å². The molecule has 4 saturated carbocycles. The highest BCUT2D eigenvalue weighted by molar-refractivity contribution is 5.93. The molecule has 1 aromatic heterocycles. The smallest absolute Gasteiger partial charge is 0.304 e.